The zero-order chi connectivity index (χ0) is 17.2. The molecule has 24 heavy (non-hydrogen) atoms. The topological polar surface area (TPSA) is 95.7 Å². The second-order valence-electron chi connectivity index (χ2n) is 7.35. The maximum Gasteiger partial charge on any atom is 0.325 e. The number of piperidine rings is 1. The molecular formula is C17H28N4O3. The van der Waals surface area contributed by atoms with Crippen LogP contribution in [0.4, 0.5) is 4.79 Å². The average Bonchev–Trinajstić information content (AvgIpc) is 3.13. The minimum absolute atomic E-state index is 0.0321. The Labute approximate surface area is 142 Å². The van der Waals surface area contributed by atoms with E-state index in [2.05, 4.69) is 5.32 Å². The van der Waals surface area contributed by atoms with Crippen molar-refractivity contribution in [1.29, 1.82) is 0 Å². The van der Waals surface area contributed by atoms with Gasteiger partial charge in [0.05, 0.1) is 0 Å². The van der Waals surface area contributed by atoms with Crippen LogP contribution in [0, 0.1) is 5.92 Å². The quantitative estimate of drug-likeness (QED) is 0.727. The number of hydrogen-bond acceptors (Lipinski definition) is 4. The maximum atomic E-state index is 12.6. The van der Waals surface area contributed by atoms with Crippen molar-refractivity contribution in [2.75, 3.05) is 26.2 Å². The van der Waals surface area contributed by atoms with Crippen LogP contribution in [0.25, 0.3) is 0 Å². The molecule has 0 aromatic rings. The smallest absolute Gasteiger partial charge is 0.325 e. The van der Waals surface area contributed by atoms with Gasteiger partial charge in [-0.15, -0.1) is 0 Å². The highest BCUT2D eigenvalue weighted by molar-refractivity contribution is 6.07. The molecule has 1 saturated carbocycles. The summed E-state index contributed by atoms with van der Waals surface area (Å²) in [4.78, 5) is 40.3. The van der Waals surface area contributed by atoms with Gasteiger partial charge < -0.3 is 16.0 Å². The van der Waals surface area contributed by atoms with E-state index in [1.165, 1.54) is 4.90 Å². The molecule has 134 valence electrons. The van der Waals surface area contributed by atoms with Crippen LogP contribution in [0.15, 0.2) is 0 Å². The Kier molecular flexibility index (Phi) is 5.08. The van der Waals surface area contributed by atoms with Crippen LogP contribution in [0.1, 0.15) is 51.4 Å². The molecule has 7 heteroatoms. The fourth-order valence-corrected chi connectivity index (χ4v) is 4.33. The van der Waals surface area contributed by atoms with Crippen molar-refractivity contribution in [3.05, 3.63) is 0 Å². The summed E-state index contributed by atoms with van der Waals surface area (Å²) in [6, 6.07) is -0.339. The van der Waals surface area contributed by atoms with Gasteiger partial charge in [-0.25, -0.2) is 4.79 Å². The van der Waals surface area contributed by atoms with Crippen molar-refractivity contribution >= 4 is 17.8 Å². The first-order valence-electron chi connectivity index (χ1n) is 9.18. The number of nitrogens with zero attached hydrogens (tertiary/aromatic N) is 2. The Balaban J connectivity index is 1.52. The molecule has 1 spiro atoms. The van der Waals surface area contributed by atoms with Gasteiger partial charge in [-0.3, -0.25) is 14.5 Å². The van der Waals surface area contributed by atoms with Gasteiger partial charge in [0.1, 0.15) is 5.54 Å². The van der Waals surface area contributed by atoms with Gasteiger partial charge in [0.15, 0.2) is 0 Å². The summed E-state index contributed by atoms with van der Waals surface area (Å²) in [5, 5.41) is 2.85. The highest BCUT2D eigenvalue weighted by Gasteiger charge is 2.52. The van der Waals surface area contributed by atoms with Crippen molar-refractivity contribution in [1.82, 2.24) is 15.1 Å². The fourth-order valence-electron chi connectivity index (χ4n) is 4.33. The number of nitrogens with two attached hydrogens (primary N) is 1. The summed E-state index contributed by atoms with van der Waals surface area (Å²) in [7, 11) is 0. The molecule has 7 nitrogen and oxygen atoms in total. The standard InChI is InChI=1S/C17H28N4O3/c18-9-5-13-4-3-10-20(12-13)14(22)6-11-21-15(23)17(19-16(21)24)7-1-2-8-17/h13H,1-12,18H2,(H,19,24). The number of carbonyl (C=O) groups excluding carboxylic acids is 3. The van der Waals surface area contributed by atoms with Gasteiger partial charge >= 0.3 is 6.03 Å². The van der Waals surface area contributed by atoms with Crippen LogP contribution in [-0.4, -0.2) is 59.4 Å². The van der Waals surface area contributed by atoms with E-state index in [4.69, 9.17) is 5.73 Å². The average molecular weight is 336 g/mol. The minimum Gasteiger partial charge on any atom is -0.342 e. The first kappa shape index (κ1) is 17.2. The molecule has 2 aliphatic heterocycles. The molecule has 0 aromatic heterocycles. The molecule has 0 bridgehead atoms. The maximum absolute atomic E-state index is 12.6. The molecule has 0 radical (unpaired) electrons. The van der Waals surface area contributed by atoms with Crippen LogP contribution in [0.2, 0.25) is 0 Å². The van der Waals surface area contributed by atoms with Crippen LogP contribution in [-0.2, 0) is 9.59 Å². The summed E-state index contributed by atoms with van der Waals surface area (Å²) >= 11 is 0. The van der Waals surface area contributed by atoms with Gasteiger partial charge in [0.2, 0.25) is 5.91 Å². The third kappa shape index (κ3) is 3.27. The Morgan fingerprint density at radius 2 is 2.00 bits per heavy atom. The second kappa shape index (κ2) is 7.09. The minimum atomic E-state index is -0.683. The molecule has 2 heterocycles. The Morgan fingerprint density at radius 3 is 2.71 bits per heavy atom. The van der Waals surface area contributed by atoms with Gasteiger partial charge in [0, 0.05) is 26.1 Å². The van der Waals surface area contributed by atoms with Crippen molar-refractivity contribution in [3.8, 4) is 0 Å². The lowest BCUT2D eigenvalue weighted by molar-refractivity contribution is -0.134. The number of rotatable bonds is 5. The van der Waals surface area contributed by atoms with E-state index in [1.54, 1.807) is 0 Å². The number of imide groups is 1. The number of amides is 4. The normalized spacial score (nSPS) is 26.3. The van der Waals surface area contributed by atoms with Crippen molar-refractivity contribution < 1.29 is 14.4 Å². The molecule has 1 unspecified atom stereocenters. The van der Waals surface area contributed by atoms with Crippen molar-refractivity contribution in [3.63, 3.8) is 0 Å². The van der Waals surface area contributed by atoms with Gasteiger partial charge in [0.25, 0.3) is 5.91 Å². The lowest BCUT2D eigenvalue weighted by Gasteiger charge is -2.33. The van der Waals surface area contributed by atoms with E-state index in [9.17, 15) is 14.4 Å². The summed E-state index contributed by atoms with van der Waals surface area (Å²) in [6.07, 6.45) is 6.65. The molecule has 3 fully saturated rings. The highest BCUT2D eigenvalue weighted by atomic mass is 16.2. The molecular weight excluding hydrogens is 308 g/mol. The second-order valence-corrected chi connectivity index (χ2v) is 7.35. The van der Waals surface area contributed by atoms with Crippen LogP contribution >= 0.6 is 0 Å². The fraction of sp³-hybridized carbons (Fsp3) is 0.824. The Morgan fingerprint density at radius 1 is 1.25 bits per heavy atom. The van der Waals surface area contributed by atoms with E-state index in [-0.39, 0.29) is 30.8 Å². The van der Waals surface area contributed by atoms with Crippen molar-refractivity contribution in [2.45, 2.75) is 56.9 Å². The summed E-state index contributed by atoms with van der Waals surface area (Å²) in [6.45, 7) is 2.35. The molecule has 1 aliphatic carbocycles. The third-order valence-corrected chi connectivity index (χ3v) is 5.70. The number of likely N-dealkylation sites (tertiary alicyclic amines) is 1. The van der Waals surface area contributed by atoms with E-state index < -0.39 is 5.54 Å². The van der Waals surface area contributed by atoms with Gasteiger partial charge in [-0.05, 0) is 44.6 Å². The molecule has 3 N–H and O–H groups in total. The van der Waals surface area contributed by atoms with Gasteiger partial charge in [-0.2, -0.15) is 0 Å². The van der Waals surface area contributed by atoms with Crippen LogP contribution in [0.5, 0.6) is 0 Å². The predicted molar refractivity (Wildman–Crippen MR) is 89.0 cm³/mol. The predicted octanol–water partition coefficient (Wildman–Crippen LogP) is 0.829. The SMILES string of the molecule is NCCC1CCCN(C(=O)CCN2C(=O)NC3(CCCC3)C2=O)C1. The number of hydrogen-bond donors (Lipinski definition) is 2. The number of urea groups is 1. The first-order chi connectivity index (χ1) is 11.6. The molecule has 2 saturated heterocycles. The number of carbonyl (C=O) groups is 3. The van der Waals surface area contributed by atoms with E-state index in [0.717, 1.165) is 58.0 Å². The highest BCUT2D eigenvalue weighted by Crippen LogP contribution is 2.35. The lowest BCUT2D eigenvalue weighted by atomic mass is 9.94. The molecule has 1 atom stereocenters. The lowest BCUT2D eigenvalue weighted by Crippen LogP contribution is -2.44. The van der Waals surface area contributed by atoms with Crippen molar-refractivity contribution in [2.24, 2.45) is 11.7 Å². The molecule has 0 aromatic carbocycles. The molecule has 3 rings (SSSR count). The largest absolute Gasteiger partial charge is 0.342 e. The third-order valence-electron chi connectivity index (χ3n) is 5.70. The van der Waals surface area contributed by atoms with Gasteiger partial charge in [-0.1, -0.05) is 12.8 Å². The number of nitrogens with one attached hydrogen (secondary N) is 1. The van der Waals surface area contributed by atoms with E-state index in [0.29, 0.717) is 12.5 Å². The van der Waals surface area contributed by atoms with Crippen LogP contribution < -0.4 is 11.1 Å². The molecule has 4 amide bonds. The first-order valence-corrected chi connectivity index (χ1v) is 9.18. The van der Waals surface area contributed by atoms with E-state index >= 15 is 0 Å². The monoisotopic (exact) mass is 336 g/mol. The zero-order valence-electron chi connectivity index (χ0n) is 14.3. The molecule has 3 aliphatic rings. The summed E-state index contributed by atoms with van der Waals surface area (Å²) < 4.78 is 0. The van der Waals surface area contributed by atoms with Crippen LogP contribution in [0.3, 0.4) is 0 Å². The Bertz CT molecular complexity index is 514. The Hall–Kier alpha value is -1.63. The summed E-state index contributed by atoms with van der Waals surface area (Å²) in [5.41, 5.74) is 4.93. The summed E-state index contributed by atoms with van der Waals surface area (Å²) in [5.74, 6) is 0.369. The van der Waals surface area contributed by atoms with E-state index in [1.807, 2.05) is 4.90 Å². The zero-order valence-corrected chi connectivity index (χ0v) is 14.3.